The fourth-order valence-corrected chi connectivity index (χ4v) is 8.30. The van der Waals surface area contributed by atoms with Crippen molar-refractivity contribution in [1.29, 1.82) is 0 Å². The smallest absolute Gasteiger partial charge is 0.0360 e. The highest BCUT2D eigenvalue weighted by Gasteiger charge is 2.56. The zero-order chi connectivity index (χ0) is 25.2. The van der Waals surface area contributed by atoms with Crippen LogP contribution in [0, 0.1) is 5.41 Å². The Kier molecular flexibility index (Phi) is 4.39. The second-order valence-corrected chi connectivity index (χ2v) is 13.5. The van der Waals surface area contributed by atoms with Gasteiger partial charge in [0.2, 0.25) is 0 Å². The van der Waals surface area contributed by atoms with Crippen molar-refractivity contribution in [3.8, 4) is 11.1 Å². The molecule has 4 aromatic carbocycles. The Labute approximate surface area is 223 Å². The van der Waals surface area contributed by atoms with E-state index in [1.54, 1.807) is 0 Å². The van der Waals surface area contributed by atoms with Gasteiger partial charge in [-0.2, -0.15) is 0 Å². The molecule has 4 aliphatic rings. The molecular weight excluding hydrogens is 500 g/mol. The molecule has 0 saturated carbocycles. The summed E-state index contributed by atoms with van der Waals surface area (Å²) in [5.41, 5.74) is 14.9. The Hall–Kier alpha value is -2.64. The summed E-state index contributed by atoms with van der Waals surface area (Å²) in [5, 5.41) is 0. The number of rotatable bonds is 1. The zero-order valence-corrected chi connectivity index (χ0v) is 23.6. The lowest BCUT2D eigenvalue weighted by Gasteiger charge is -2.44. The first-order valence-corrected chi connectivity index (χ1v) is 14.0. The Morgan fingerprint density at radius 3 is 1.61 bits per heavy atom. The van der Waals surface area contributed by atoms with E-state index in [1.165, 1.54) is 60.1 Å². The predicted molar refractivity (Wildman–Crippen MR) is 154 cm³/mol. The maximum atomic E-state index is 3.99. The molecule has 0 unspecified atom stereocenters. The van der Waals surface area contributed by atoms with Crippen molar-refractivity contribution in [3.05, 3.63) is 128 Å². The molecule has 1 heteroatoms. The molecule has 0 fully saturated rings. The van der Waals surface area contributed by atoms with Crippen LogP contribution in [0.4, 0.5) is 0 Å². The average molecular weight is 534 g/mol. The van der Waals surface area contributed by atoms with E-state index in [4.69, 9.17) is 0 Å². The lowest BCUT2D eigenvalue weighted by Crippen LogP contribution is -2.42. The molecule has 0 aliphatic heterocycles. The molecule has 4 aliphatic carbocycles. The number of hydrogen-bond acceptors (Lipinski definition) is 0. The molecule has 0 heterocycles. The molecule has 2 bridgehead atoms. The summed E-state index contributed by atoms with van der Waals surface area (Å²) < 4.78 is 1.23. The fourth-order valence-electron chi connectivity index (χ4n) is 7.72. The summed E-state index contributed by atoms with van der Waals surface area (Å²) in [6.07, 6.45) is 0. The fraction of sp³-hybridized carbons (Fsp3) is 0.314. The summed E-state index contributed by atoms with van der Waals surface area (Å²) >= 11 is 3.99. The number of halogens is 1. The van der Waals surface area contributed by atoms with E-state index in [0.717, 1.165) is 0 Å². The van der Waals surface area contributed by atoms with Crippen molar-refractivity contribution < 1.29 is 0 Å². The summed E-state index contributed by atoms with van der Waals surface area (Å²) in [7, 11) is 0. The monoisotopic (exact) mass is 532 g/mol. The second-order valence-electron chi connectivity index (χ2n) is 12.7. The third-order valence-electron chi connectivity index (χ3n) is 10.8. The molecular formula is C35H33Br. The van der Waals surface area contributed by atoms with Crippen LogP contribution < -0.4 is 0 Å². The van der Waals surface area contributed by atoms with Gasteiger partial charge in [0, 0.05) is 16.3 Å². The normalized spacial score (nSPS) is 23.0. The van der Waals surface area contributed by atoms with Gasteiger partial charge in [-0.25, -0.2) is 0 Å². The van der Waals surface area contributed by atoms with Gasteiger partial charge in [-0.15, -0.1) is 0 Å². The Bertz CT molecular complexity index is 1540. The van der Waals surface area contributed by atoms with Crippen LogP contribution in [0.2, 0.25) is 0 Å². The molecule has 0 spiro atoms. The van der Waals surface area contributed by atoms with Crippen LogP contribution in [0.3, 0.4) is 0 Å². The number of benzene rings is 4. The molecule has 0 saturated heterocycles. The molecule has 0 amide bonds. The molecule has 0 radical (unpaired) electrons. The van der Waals surface area contributed by atoms with Gasteiger partial charge >= 0.3 is 0 Å². The second kappa shape index (κ2) is 7.01. The van der Waals surface area contributed by atoms with Gasteiger partial charge in [0.15, 0.2) is 0 Å². The molecule has 180 valence electrons. The Balaban J connectivity index is 1.51. The van der Waals surface area contributed by atoms with E-state index in [-0.39, 0.29) is 28.1 Å². The lowest BCUT2D eigenvalue weighted by atomic mass is 9.59. The van der Waals surface area contributed by atoms with Gasteiger partial charge in [-0.05, 0) is 77.9 Å². The molecule has 0 atom stereocenters. The first-order valence-electron chi connectivity index (χ1n) is 13.2. The van der Waals surface area contributed by atoms with E-state index in [0.29, 0.717) is 0 Å². The molecule has 0 nitrogen and oxygen atoms in total. The summed E-state index contributed by atoms with van der Waals surface area (Å²) in [4.78, 5) is 0. The van der Waals surface area contributed by atoms with Gasteiger partial charge in [0.25, 0.3) is 0 Å². The maximum absolute atomic E-state index is 3.99. The standard InChI is InChI=1S/C35H33Br/c1-33(2)26-17-15-20(19-27(26)34(3,4)35(33,5)6)21-16-18-28(36)32-30-24-13-9-7-11-22(24)29(31(21)32)23-12-8-10-14-25(23)30/h7-19,29-30H,1-6H3. The minimum absolute atomic E-state index is 0.0927. The first kappa shape index (κ1) is 22.5. The highest BCUT2D eigenvalue weighted by atomic mass is 79.9. The molecule has 0 N–H and O–H groups in total. The summed E-state index contributed by atoms with van der Waals surface area (Å²) in [6.45, 7) is 14.6. The van der Waals surface area contributed by atoms with Crippen molar-refractivity contribution in [2.45, 2.75) is 64.2 Å². The van der Waals surface area contributed by atoms with E-state index in [2.05, 4.69) is 136 Å². The van der Waals surface area contributed by atoms with Crippen molar-refractivity contribution >= 4 is 15.9 Å². The van der Waals surface area contributed by atoms with Crippen LogP contribution >= 0.6 is 15.9 Å². The van der Waals surface area contributed by atoms with Gasteiger partial charge in [0.1, 0.15) is 0 Å². The average Bonchev–Trinajstić information content (AvgIpc) is 2.98. The highest BCUT2D eigenvalue weighted by molar-refractivity contribution is 9.10. The van der Waals surface area contributed by atoms with Gasteiger partial charge < -0.3 is 0 Å². The van der Waals surface area contributed by atoms with E-state index < -0.39 is 0 Å². The van der Waals surface area contributed by atoms with Crippen LogP contribution in [0.1, 0.15) is 97.9 Å². The van der Waals surface area contributed by atoms with Crippen LogP contribution in [0.5, 0.6) is 0 Å². The maximum Gasteiger partial charge on any atom is 0.0360 e. The molecule has 0 aromatic heterocycles. The lowest BCUT2D eigenvalue weighted by molar-refractivity contribution is 0.125. The van der Waals surface area contributed by atoms with E-state index in [1.807, 2.05) is 0 Å². The van der Waals surface area contributed by atoms with Crippen molar-refractivity contribution in [3.63, 3.8) is 0 Å². The van der Waals surface area contributed by atoms with E-state index >= 15 is 0 Å². The number of hydrogen-bond donors (Lipinski definition) is 0. The van der Waals surface area contributed by atoms with Crippen molar-refractivity contribution in [2.24, 2.45) is 5.41 Å². The predicted octanol–water partition coefficient (Wildman–Crippen LogP) is 9.70. The van der Waals surface area contributed by atoms with Crippen LogP contribution in [-0.2, 0) is 10.8 Å². The molecule has 8 rings (SSSR count). The molecule has 36 heavy (non-hydrogen) atoms. The Morgan fingerprint density at radius 2 is 1.06 bits per heavy atom. The van der Waals surface area contributed by atoms with Gasteiger partial charge in [0.05, 0.1) is 0 Å². The SMILES string of the molecule is CC1(C)c2ccc(-c3ccc(Br)c4c3C3c5ccccc5C4c4ccccc43)cc2C(C)(C)C1(C)C. The van der Waals surface area contributed by atoms with Crippen LogP contribution in [0.15, 0.2) is 83.3 Å². The zero-order valence-electron chi connectivity index (χ0n) is 22.0. The highest BCUT2D eigenvalue weighted by Crippen LogP contribution is 2.63. The van der Waals surface area contributed by atoms with Crippen LogP contribution in [-0.4, -0.2) is 0 Å². The summed E-state index contributed by atoms with van der Waals surface area (Å²) in [5.74, 6) is 0.537. The summed E-state index contributed by atoms with van der Waals surface area (Å²) in [6, 6.07) is 30.2. The third kappa shape index (κ3) is 2.51. The first-order chi connectivity index (χ1) is 17.1. The topological polar surface area (TPSA) is 0 Å². The van der Waals surface area contributed by atoms with Gasteiger partial charge in [-0.1, -0.05) is 130 Å². The largest absolute Gasteiger partial charge is 0.0619 e. The minimum Gasteiger partial charge on any atom is -0.0619 e. The Morgan fingerprint density at radius 1 is 0.556 bits per heavy atom. The van der Waals surface area contributed by atoms with Crippen LogP contribution in [0.25, 0.3) is 11.1 Å². The quantitative estimate of drug-likeness (QED) is 0.197. The van der Waals surface area contributed by atoms with Crippen molar-refractivity contribution in [1.82, 2.24) is 0 Å². The van der Waals surface area contributed by atoms with Gasteiger partial charge in [-0.3, -0.25) is 0 Å². The number of fused-ring (bicyclic) bond motifs is 1. The minimum atomic E-state index is 0.0927. The molecule has 4 aromatic rings. The van der Waals surface area contributed by atoms with E-state index in [9.17, 15) is 0 Å². The van der Waals surface area contributed by atoms with Crippen molar-refractivity contribution in [2.75, 3.05) is 0 Å². The third-order valence-corrected chi connectivity index (χ3v) is 11.5.